The van der Waals surface area contributed by atoms with Gasteiger partial charge in [0.15, 0.2) is 5.69 Å². The minimum atomic E-state index is -1.13. The van der Waals surface area contributed by atoms with Gasteiger partial charge in [-0.1, -0.05) is 0 Å². The minimum absolute atomic E-state index is 0.00637. The summed E-state index contributed by atoms with van der Waals surface area (Å²) in [4.78, 5) is 15.5. The molecule has 7 heteroatoms. The Hall–Kier alpha value is -2.96. The van der Waals surface area contributed by atoms with Gasteiger partial charge in [-0.15, -0.1) is 0 Å². The van der Waals surface area contributed by atoms with Gasteiger partial charge in [0, 0.05) is 25.0 Å². The SMILES string of the molecule is O=C(O)c1c(NCc2cc(F)cc(F)c2)ccc2nccn12. The second-order valence-electron chi connectivity index (χ2n) is 4.69. The number of halogens is 2. The Morgan fingerprint density at radius 3 is 2.64 bits per heavy atom. The molecule has 0 aliphatic heterocycles. The number of pyridine rings is 1. The van der Waals surface area contributed by atoms with Gasteiger partial charge in [0.25, 0.3) is 0 Å². The summed E-state index contributed by atoms with van der Waals surface area (Å²) < 4.78 is 27.7. The number of fused-ring (bicyclic) bond motifs is 1. The molecular weight excluding hydrogens is 292 g/mol. The average Bonchev–Trinajstić information content (AvgIpc) is 2.91. The summed E-state index contributed by atoms with van der Waals surface area (Å²) in [6, 6.07) is 6.38. The molecule has 0 saturated heterocycles. The largest absolute Gasteiger partial charge is 0.476 e. The van der Waals surface area contributed by atoms with Crippen molar-refractivity contribution in [1.82, 2.24) is 9.38 Å². The van der Waals surface area contributed by atoms with E-state index in [0.717, 1.165) is 6.07 Å². The number of hydrogen-bond donors (Lipinski definition) is 2. The molecule has 2 heterocycles. The Morgan fingerprint density at radius 2 is 1.95 bits per heavy atom. The first-order valence-corrected chi connectivity index (χ1v) is 6.43. The summed E-state index contributed by atoms with van der Waals surface area (Å²) in [5, 5.41) is 12.2. The molecule has 0 fully saturated rings. The monoisotopic (exact) mass is 303 g/mol. The van der Waals surface area contributed by atoms with E-state index in [-0.39, 0.29) is 12.2 Å². The quantitative estimate of drug-likeness (QED) is 0.777. The van der Waals surface area contributed by atoms with Crippen molar-refractivity contribution in [3.05, 3.63) is 65.6 Å². The lowest BCUT2D eigenvalue weighted by Crippen LogP contribution is -2.11. The van der Waals surface area contributed by atoms with Gasteiger partial charge in [0.1, 0.15) is 17.3 Å². The van der Waals surface area contributed by atoms with E-state index in [1.54, 1.807) is 12.1 Å². The van der Waals surface area contributed by atoms with Crippen molar-refractivity contribution in [3.63, 3.8) is 0 Å². The molecule has 1 aromatic carbocycles. The van der Waals surface area contributed by atoms with Crippen LogP contribution in [0.1, 0.15) is 16.1 Å². The summed E-state index contributed by atoms with van der Waals surface area (Å²) in [7, 11) is 0. The number of rotatable bonds is 4. The third kappa shape index (κ3) is 2.60. The smallest absolute Gasteiger partial charge is 0.355 e. The minimum Gasteiger partial charge on any atom is -0.476 e. The second kappa shape index (κ2) is 5.44. The van der Waals surface area contributed by atoms with Crippen LogP contribution in [0.15, 0.2) is 42.7 Å². The molecule has 0 saturated carbocycles. The number of aromatic carboxylic acids is 1. The summed E-state index contributed by atoms with van der Waals surface area (Å²) in [5.41, 5.74) is 1.22. The summed E-state index contributed by atoms with van der Waals surface area (Å²) >= 11 is 0. The number of aromatic nitrogens is 2. The van der Waals surface area contributed by atoms with Gasteiger partial charge in [-0.25, -0.2) is 18.6 Å². The van der Waals surface area contributed by atoms with Crippen LogP contribution >= 0.6 is 0 Å². The van der Waals surface area contributed by atoms with E-state index in [0.29, 0.717) is 16.9 Å². The fraction of sp³-hybridized carbons (Fsp3) is 0.0667. The van der Waals surface area contributed by atoms with E-state index >= 15 is 0 Å². The highest BCUT2D eigenvalue weighted by Crippen LogP contribution is 2.19. The van der Waals surface area contributed by atoms with Crippen molar-refractivity contribution >= 4 is 17.3 Å². The van der Waals surface area contributed by atoms with E-state index in [1.807, 2.05) is 0 Å². The number of imidazole rings is 1. The van der Waals surface area contributed by atoms with Crippen molar-refractivity contribution in [2.75, 3.05) is 5.32 Å². The van der Waals surface area contributed by atoms with E-state index < -0.39 is 17.6 Å². The number of carboxylic acids is 1. The van der Waals surface area contributed by atoms with Gasteiger partial charge in [-0.05, 0) is 29.8 Å². The first kappa shape index (κ1) is 14.0. The molecule has 0 spiro atoms. The van der Waals surface area contributed by atoms with E-state index in [9.17, 15) is 18.7 Å². The van der Waals surface area contributed by atoms with Gasteiger partial charge in [-0.2, -0.15) is 0 Å². The zero-order valence-corrected chi connectivity index (χ0v) is 11.3. The molecule has 0 bridgehead atoms. The molecule has 0 aliphatic carbocycles. The van der Waals surface area contributed by atoms with Gasteiger partial charge in [0.05, 0.1) is 5.69 Å². The van der Waals surface area contributed by atoms with Crippen LogP contribution in [0, 0.1) is 11.6 Å². The summed E-state index contributed by atoms with van der Waals surface area (Å²) in [6.45, 7) is 0.0924. The molecule has 0 amide bonds. The topological polar surface area (TPSA) is 66.6 Å². The molecule has 2 N–H and O–H groups in total. The van der Waals surface area contributed by atoms with Crippen molar-refractivity contribution in [3.8, 4) is 0 Å². The summed E-state index contributed by atoms with van der Waals surface area (Å²) in [6.07, 6.45) is 3.03. The Bertz CT molecular complexity index is 841. The fourth-order valence-corrected chi connectivity index (χ4v) is 2.27. The number of nitrogens with one attached hydrogen (secondary N) is 1. The Balaban J connectivity index is 1.93. The van der Waals surface area contributed by atoms with Crippen LogP contribution in [0.5, 0.6) is 0 Å². The third-order valence-electron chi connectivity index (χ3n) is 3.17. The maximum Gasteiger partial charge on any atom is 0.355 e. The Kier molecular flexibility index (Phi) is 3.46. The van der Waals surface area contributed by atoms with Gasteiger partial charge >= 0.3 is 5.97 Å². The number of hydrogen-bond acceptors (Lipinski definition) is 3. The lowest BCUT2D eigenvalue weighted by Gasteiger charge is -2.11. The molecule has 2 aromatic heterocycles. The van der Waals surface area contributed by atoms with Crippen molar-refractivity contribution in [2.24, 2.45) is 0 Å². The lowest BCUT2D eigenvalue weighted by molar-refractivity contribution is 0.0690. The molecule has 22 heavy (non-hydrogen) atoms. The van der Waals surface area contributed by atoms with Crippen molar-refractivity contribution < 1.29 is 18.7 Å². The molecule has 5 nitrogen and oxygen atoms in total. The lowest BCUT2D eigenvalue weighted by atomic mass is 10.2. The van der Waals surface area contributed by atoms with Crippen LogP contribution in [0.25, 0.3) is 5.65 Å². The Morgan fingerprint density at radius 1 is 1.23 bits per heavy atom. The molecule has 3 rings (SSSR count). The standard InChI is InChI=1S/C15H11F2N3O2/c16-10-5-9(6-11(17)7-10)8-19-12-1-2-13-18-3-4-20(13)14(12)15(21)22/h1-7,19H,8H2,(H,21,22). The fourth-order valence-electron chi connectivity index (χ4n) is 2.27. The zero-order chi connectivity index (χ0) is 15.7. The molecule has 3 aromatic rings. The molecule has 112 valence electrons. The van der Waals surface area contributed by atoms with Crippen LogP contribution in [0.4, 0.5) is 14.5 Å². The summed E-state index contributed by atoms with van der Waals surface area (Å²) in [5.74, 6) is -2.49. The van der Waals surface area contributed by atoms with Crippen molar-refractivity contribution in [1.29, 1.82) is 0 Å². The number of nitrogens with zero attached hydrogens (tertiary/aromatic N) is 2. The highest BCUT2D eigenvalue weighted by molar-refractivity contribution is 5.93. The molecular formula is C15H11F2N3O2. The first-order valence-electron chi connectivity index (χ1n) is 6.43. The molecule has 0 radical (unpaired) electrons. The molecule has 0 aliphatic rings. The van der Waals surface area contributed by atoms with Crippen LogP contribution in [-0.4, -0.2) is 20.5 Å². The highest BCUT2D eigenvalue weighted by atomic mass is 19.1. The number of anilines is 1. The predicted molar refractivity (Wildman–Crippen MR) is 75.8 cm³/mol. The van der Waals surface area contributed by atoms with E-state index in [1.165, 1.54) is 28.9 Å². The van der Waals surface area contributed by atoms with Crippen LogP contribution in [0.2, 0.25) is 0 Å². The molecule has 0 atom stereocenters. The van der Waals surface area contributed by atoms with E-state index in [4.69, 9.17) is 0 Å². The normalized spacial score (nSPS) is 10.8. The highest BCUT2D eigenvalue weighted by Gasteiger charge is 2.15. The zero-order valence-electron chi connectivity index (χ0n) is 11.3. The molecule has 0 unspecified atom stereocenters. The number of carbonyl (C=O) groups is 1. The van der Waals surface area contributed by atoms with Gasteiger partial charge in [0.2, 0.25) is 0 Å². The van der Waals surface area contributed by atoms with Crippen molar-refractivity contribution in [2.45, 2.75) is 6.54 Å². The van der Waals surface area contributed by atoms with Crippen LogP contribution in [0.3, 0.4) is 0 Å². The average molecular weight is 303 g/mol. The van der Waals surface area contributed by atoms with Crippen LogP contribution < -0.4 is 5.32 Å². The third-order valence-corrected chi connectivity index (χ3v) is 3.17. The van der Waals surface area contributed by atoms with E-state index in [2.05, 4.69) is 10.3 Å². The van der Waals surface area contributed by atoms with Gasteiger partial charge < -0.3 is 10.4 Å². The number of carboxylic acid groups (broad SMARTS) is 1. The second-order valence-corrected chi connectivity index (χ2v) is 4.69. The Labute approximate surface area is 123 Å². The first-order chi connectivity index (χ1) is 10.5. The predicted octanol–water partition coefficient (Wildman–Crippen LogP) is 2.92. The maximum atomic E-state index is 13.2. The van der Waals surface area contributed by atoms with Crippen LogP contribution in [-0.2, 0) is 6.54 Å². The number of benzene rings is 1. The van der Waals surface area contributed by atoms with Gasteiger partial charge in [-0.3, -0.25) is 4.40 Å². The maximum absolute atomic E-state index is 13.2.